The SMILES string of the molecule is CCCCNC(=O)c1cnc(Nc2cccc(Cl)c2C)nc1. The Balaban J connectivity index is 2.03. The molecule has 0 aliphatic rings. The molecular formula is C16H19ClN4O. The first kappa shape index (κ1) is 16.2. The number of aromatic nitrogens is 2. The van der Waals surface area contributed by atoms with Crippen LogP contribution < -0.4 is 10.6 Å². The molecule has 116 valence electrons. The molecule has 1 aromatic carbocycles. The fourth-order valence-electron chi connectivity index (χ4n) is 1.85. The maximum Gasteiger partial charge on any atom is 0.254 e. The van der Waals surface area contributed by atoms with Gasteiger partial charge < -0.3 is 10.6 Å². The molecule has 0 radical (unpaired) electrons. The molecule has 2 N–H and O–H groups in total. The highest BCUT2D eigenvalue weighted by atomic mass is 35.5. The number of halogens is 1. The van der Waals surface area contributed by atoms with Crippen LogP contribution >= 0.6 is 11.6 Å². The van der Waals surface area contributed by atoms with E-state index in [4.69, 9.17) is 11.6 Å². The molecule has 1 aromatic heterocycles. The third kappa shape index (κ3) is 4.18. The highest BCUT2D eigenvalue weighted by Gasteiger charge is 2.08. The number of unbranched alkanes of at least 4 members (excludes halogenated alkanes) is 1. The smallest absolute Gasteiger partial charge is 0.254 e. The third-order valence-corrected chi connectivity index (χ3v) is 3.65. The quantitative estimate of drug-likeness (QED) is 0.797. The van der Waals surface area contributed by atoms with Crippen LogP contribution in [-0.2, 0) is 0 Å². The van der Waals surface area contributed by atoms with Crippen molar-refractivity contribution in [1.29, 1.82) is 0 Å². The Labute approximate surface area is 135 Å². The number of amides is 1. The largest absolute Gasteiger partial charge is 0.352 e. The molecule has 0 aliphatic carbocycles. The van der Waals surface area contributed by atoms with Crippen LogP contribution in [0.5, 0.6) is 0 Å². The molecular weight excluding hydrogens is 300 g/mol. The van der Waals surface area contributed by atoms with E-state index in [1.54, 1.807) is 0 Å². The van der Waals surface area contributed by atoms with E-state index in [1.807, 2.05) is 25.1 Å². The van der Waals surface area contributed by atoms with Gasteiger partial charge in [0.15, 0.2) is 0 Å². The average molecular weight is 319 g/mol. The monoisotopic (exact) mass is 318 g/mol. The molecule has 0 atom stereocenters. The van der Waals surface area contributed by atoms with Gasteiger partial charge in [0.05, 0.1) is 5.56 Å². The minimum atomic E-state index is -0.154. The van der Waals surface area contributed by atoms with Gasteiger partial charge in [-0.2, -0.15) is 0 Å². The Morgan fingerprint density at radius 2 is 2.00 bits per heavy atom. The normalized spacial score (nSPS) is 10.3. The van der Waals surface area contributed by atoms with E-state index in [2.05, 4.69) is 27.5 Å². The molecule has 0 fully saturated rings. The first-order valence-electron chi connectivity index (χ1n) is 7.24. The van der Waals surface area contributed by atoms with Gasteiger partial charge in [-0.05, 0) is 31.0 Å². The van der Waals surface area contributed by atoms with E-state index in [-0.39, 0.29) is 5.91 Å². The lowest BCUT2D eigenvalue weighted by Crippen LogP contribution is -2.24. The summed E-state index contributed by atoms with van der Waals surface area (Å²) in [5.41, 5.74) is 2.21. The van der Waals surface area contributed by atoms with E-state index >= 15 is 0 Å². The number of carbonyl (C=O) groups is 1. The molecule has 0 bridgehead atoms. The first-order chi connectivity index (χ1) is 10.6. The number of nitrogens with zero attached hydrogens (tertiary/aromatic N) is 2. The van der Waals surface area contributed by atoms with Gasteiger partial charge in [-0.3, -0.25) is 4.79 Å². The van der Waals surface area contributed by atoms with E-state index < -0.39 is 0 Å². The van der Waals surface area contributed by atoms with Gasteiger partial charge in [-0.15, -0.1) is 0 Å². The Kier molecular flexibility index (Phi) is 5.72. The van der Waals surface area contributed by atoms with Crippen molar-refractivity contribution in [2.45, 2.75) is 26.7 Å². The van der Waals surface area contributed by atoms with Crippen molar-refractivity contribution in [1.82, 2.24) is 15.3 Å². The molecule has 0 saturated carbocycles. The van der Waals surface area contributed by atoms with Crippen molar-refractivity contribution >= 4 is 29.1 Å². The Hall–Kier alpha value is -2.14. The van der Waals surface area contributed by atoms with Gasteiger partial charge in [-0.1, -0.05) is 31.0 Å². The number of anilines is 2. The lowest BCUT2D eigenvalue weighted by molar-refractivity contribution is 0.0952. The van der Waals surface area contributed by atoms with Crippen LogP contribution in [0.2, 0.25) is 5.02 Å². The Morgan fingerprint density at radius 1 is 1.27 bits per heavy atom. The van der Waals surface area contributed by atoms with Crippen LogP contribution in [0.3, 0.4) is 0 Å². The van der Waals surface area contributed by atoms with Crippen LogP contribution in [0.15, 0.2) is 30.6 Å². The summed E-state index contributed by atoms with van der Waals surface area (Å²) in [6.07, 6.45) is 5.02. The zero-order valence-corrected chi connectivity index (χ0v) is 13.4. The summed E-state index contributed by atoms with van der Waals surface area (Å²) in [5.74, 6) is 0.273. The van der Waals surface area contributed by atoms with Gasteiger partial charge in [0.1, 0.15) is 0 Å². The van der Waals surface area contributed by atoms with Crippen LogP contribution in [0.4, 0.5) is 11.6 Å². The van der Waals surface area contributed by atoms with E-state index in [9.17, 15) is 4.79 Å². The third-order valence-electron chi connectivity index (χ3n) is 3.24. The van der Waals surface area contributed by atoms with Crippen molar-refractivity contribution in [2.24, 2.45) is 0 Å². The summed E-state index contributed by atoms with van der Waals surface area (Å²) in [6, 6.07) is 5.58. The van der Waals surface area contributed by atoms with Crippen LogP contribution in [-0.4, -0.2) is 22.4 Å². The van der Waals surface area contributed by atoms with Gasteiger partial charge >= 0.3 is 0 Å². The zero-order chi connectivity index (χ0) is 15.9. The van der Waals surface area contributed by atoms with Crippen LogP contribution in [0, 0.1) is 6.92 Å². The first-order valence-corrected chi connectivity index (χ1v) is 7.62. The maximum absolute atomic E-state index is 11.9. The van der Waals surface area contributed by atoms with Crippen molar-refractivity contribution in [3.63, 3.8) is 0 Å². The standard InChI is InChI=1S/C16H19ClN4O/c1-3-4-8-18-15(22)12-9-19-16(20-10-12)21-14-7-5-6-13(17)11(14)2/h5-7,9-10H,3-4,8H2,1-2H3,(H,18,22)(H,19,20,21). The second kappa shape index (κ2) is 7.75. The molecule has 2 aromatic rings. The molecule has 0 unspecified atom stereocenters. The molecule has 0 spiro atoms. The molecule has 5 nitrogen and oxygen atoms in total. The lowest BCUT2D eigenvalue weighted by atomic mass is 10.2. The Bertz CT molecular complexity index is 643. The van der Waals surface area contributed by atoms with Crippen molar-refractivity contribution in [3.8, 4) is 0 Å². The summed E-state index contributed by atoms with van der Waals surface area (Å²) >= 11 is 6.07. The summed E-state index contributed by atoms with van der Waals surface area (Å²) in [6.45, 7) is 4.66. The van der Waals surface area contributed by atoms with E-state index in [1.165, 1.54) is 12.4 Å². The fraction of sp³-hybridized carbons (Fsp3) is 0.312. The van der Waals surface area contributed by atoms with Crippen molar-refractivity contribution in [3.05, 3.63) is 46.7 Å². The molecule has 6 heteroatoms. The second-order valence-electron chi connectivity index (χ2n) is 4.94. The summed E-state index contributed by atoms with van der Waals surface area (Å²) in [5, 5.41) is 6.60. The topological polar surface area (TPSA) is 66.9 Å². The van der Waals surface area contributed by atoms with Gasteiger partial charge in [0.25, 0.3) is 5.91 Å². The van der Waals surface area contributed by atoms with Gasteiger partial charge in [0, 0.05) is 29.6 Å². The van der Waals surface area contributed by atoms with Gasteiger partial charge in [0.2, 0.25) is 5.95 Å². The number of hydrogen-bond donors (Lipinski definition) is 2. The van der Waals surface area contributed by atoms with Crippen LogP contribution in [0.1, 0.15) is 35.7 Å². The molecule has 1 amide bonds. The maximum atomic E-state index is 11.9. The summed E-state index contributed by atoms with van der Waals surface area (Å²) in [4.78, 5) is 20.2. The zero-order valence-electron chi connectivity index (χ0n) is 12.7. The molecule has 1 heterocycles. The fourth-order valence-corrected chi connectivity index (χ4v) is 2.03. The van der Waals surface area contributed by atoms with Gasteiger partial charge in [-0.25, -0.2) is 9.97 Å². The molecule has 0 saturated heterocycles. The van der Waals surface area contributed by atoms with Crippen LogP contribution in [0.25, 0.3) is 0 Å². The van der Waals surface area contributed by atoms with Crippen molar-refractivity contribution < 1.29 is 4.79 Å². The van der Waals surface area contributed by atoms with E-state index in [0.29, 0.717) is 23.1 Å². The number of carbonyl (C=O) groups excluding carboxylic acids is 1. The number of hydrogen-bond acceptors (Lipinski definition) is 4. The molecule has 22 heavy (non-hydrogen) atoms. The summed E-state index contributed by atoms with van der Waals surface area (Å²) < 4.78 is 0. The number of benzene rings is 1. The number of nitrogens with one attached hydrogen (secondary N) is 2. The average Bonchev–Trinajstić information content (AvgIpc) is 2.53. The highest BCUT2D eigenvalue weighted by Crippen LogP contribution is 2.24. The lowest BCUT2D eigenvalue weighted by Gasteiger charge is -2.09. The second-order valence-corrected chi connectivity index (χ2v) is 5.35. The minimum Gasteiger partial charge on any atom is -0.352 e. The molecule has 0 aliphatic heterocycles. The van der Waals surface area contributed by atoms with E-state index in [0.717, 1.165) is 24.1 Å². The summed E-state index contributed by atoms with van der Waals surface area (Å²) in [7, 11) is 0. The predicted octanol–water partition coefficient (Wildman–Crippen LogP) is 3.71. The predicted molar refractivity (Wildman–Crippen MR) is 88.7 cm³/mol. The minimum absolute atomic E-state index is 0.154. The van der Waals surface area contributed by atoms with Crippen molar-refractivity contribution in [2.75, 3.05) is 11.9 Å². The Morgan fingerprint density at radius 3 is 2.68 bits per heavy atom. The molecule has 2 rings (SSSR count). The number of rotatable bonds is 6. The highest BCUT2D eigenvalue weighted by molar-refractivity contribution is 6.31.